The highest BCUT2D eigenvalue weighted by Crippen LogP contribution is 2.23. The molecule has 0 aromatic carbocycles. The summed E-state index contributed by atoms with van der Waals surface area (Å²) in [5.41, 5.74) is 0. The van der Waals surface area contributed by atoms with Crippen LogP contribution in [-0.2, 0) is 9.47 Å². The lowest BCUT2D eigenvalue weighted by Crippen LogP contribution is -2.61. The van der Waals surface area contributed by atoms with Gasteiger partial charge >= 0.3 is 0 Å². The quantitative estimate of drug-likeness (QED) is 0.363. The van der Waals surface area contributed by atoms with Crippen molar-refractivity contribution in [1.82, 2.24) is 0 Å². The van der Waals surface area contributed by atoms with Crippen LogP contribution in [0.15, 0.2) is 0 Å². The zero-order valence-electron chi connectivity index (χ0n) is 8.02. The molecular weight excluding hydrogens is 210 g/mol. The number of hydrogen-bond donors (Lipinski definition) is 3. The number of aliphatic hydroxyl groups is 3. The van der Waals surface area contributed by atoms with Crippen LogP contribution < -0.4 is 0 Å². The zero-order valence-corrected chi connectivity index (χ0v) is 8.02. The molecule has 1 aliphatic rings. The number of aliphatic hydroxyl groups excluding tert-OH is 3. The van der Waals surface area contributed by atoms with Gasteiger partial charge in [-0.2, -0.15) is 0 Å². The lowest BCUT2D eigenvalue weighted by atomic mass is 9.97. The second-order valence-corrected chi connectivity index (χ2v) is 3.22. The van der Waals surface area contributed by atoms with E-state index in [1.807, 2.05) is 0 Å². The summed E-state index contributed by atoms with van der Waals surface area (Å²) in [6.45, 7) is -0.585. The summed E-state index contributed by atoms with van der Waals surface area (Å²) < 4.78 is 9.58. The summed E-state index contributed by atoms with van der Waals surface area (Å²) in [4.78, 5) is 9.78. The summed E-state index contributed by atoms with van der Waals surface area (Å²) in [6.07, 6.45) is -5.48. The van der Waals surface area contributed by atoms with E-state index in [0.717, 1.165) is 0 Å². The third kappa shape index (κ3) is 2.24. The molecule has 1 heterocycles. The Hall–Kier alpha value is -0.800. The Morgan fingerprint density at radius 1 is 1.47 bits per heavy atom. The van der Waals surface area contributed by atoms with Gasteiger partial charge in [-0.05, 0) is 0 Å². The Morgan fingerprint density at radius 3 is 2.47 bits per heavy atom. The van der Waals surface area contributed by atoms with E-state index in [1.54, 1.807) is 0 Å². The largest absolute Gasteiger partial charge is 0.394 e. The fourth-order valence-corrected chi connectivity index (χ4v) is 1.51. The fourth-order valence-electron chi connectivity index (χ4n) is 1.51. The van der Waals surface area contributed by atoms with Gasteiger partial charge in [0.2, 0.25) is 0 Å². The Morgan fingerprint density at radius 2 is 2.07 bits per heavy atom. The molecular formula is C7H13NO7. The number of hydrogen-bond acceptors (Lipinski definition) is 7. The van der Waals surface area contributed by atoms with Gasteiger partial charge in [0.05, 0.1) is 6.61 Å². The van der Waals surface area contributed by atoms with Crippen molar-refractivity contribution in [1.29, 1.82) is 0 Å². The first-order valence-corrected chi connectivity index (χ1v) is 4.31. The van der Waals surface area contributed by atoms with Crippen molar-refractivity contribution >= 4 is 0 Å². The Balaban J connectivity index is 2.86. The van der Waals surface area contributed by atoms with Crippen molar-refractivity contribution in [2.24, 2.45) is 0 Å². The van der Waals surface area contributed by atoms with Crippen LogP contribution in [-0.4, -0.2) is 64.6 Å². The van der Waals surface area contributed by atoms with Crippen LogP contribution in [0.5, 0.6) is 0 Å². The summed E-state index contributed by atoms with van der Waals surface area (Å²) in [5, 5.41) is 38.3. The summed E-state index contributed by atoms with van der Waals surface area (Å²) >= 11 is 0. The van der Waals surface area contributed by atoms with Gasteiger partial charge in [0, 0.05) is 12.0 Å². The van der Waals surface area contributed by atoms with Gasteiger partial charge < -0.3 is 24.8 Å². The van der Waals surface area contributed by atoms with Crippen LogP contribution >= 0.6 is 0 Å². The summed E-state index contributed by atoms with van der Waals surface area (Å²) in [7, 11) is 1.21. The van der Waals surface area contributed by atoms with E-state index in [0.29, 0.717) is 0 Å². The van der Waals surface area contributed by atoms with Gasteiger partial charge in [-0.1, -0.05) is 0 Å². The van der Waals surface area contributed by atoms with Gasteiger partial charge in [-0.3, -0.25) is 10.1 Å². The van der Waals surface area contributed by atoms with Crippen molar-refractivity contribution in [3.05, 3.63) is 10.1 Å². The standard InChI is InChI=1S/C7H13NO7/c1-14-7-6(11)4(8(12)13)5(10)3(2-9)15-7/h3-7,9-11H,2H2,1H3/t3-,4-,5-,6-,7-/m1/s1. The molecule has 15 heavy (non-hydrogen) atoms. The minimum atomic E-state index is -1.62. The van der Waals surface area contributed by atoms with Gasteiger partial charge in [-0.15, -0.1) is 0 Å². The molecule has 0 amide bonds. The number of nitro groups is 1. The molecule has 88 valence electrons. The van der Waals surface area contributed by atoms with E-state index in [2.05, 4.69) is 4.74 Å². The van der Waals surface area contributed by atoms with Gasteiger partial charge in [0.25, 0.3) is 6.04 Å². The number of ether oxygens (including phenoxy) is 2. The highest BCUT2D eigenvalue weighted by molar-refractivity contribution is 4.89. The van der Waals surface area contributed by atoms with Gasteiger partial charge in [0.15, 0.2) is 18.5 Å². The molecule has 1 aliphatic heterocycles. The Bertz CT molecular complexity index is 219. The first kappa shape index (κ1) is 12.3. The van der Waals surface area contributed by atoms with Gasteiger partial charge in [0.1, 0.15) is 6.10 Å². The van der Waals surface area contributed by atoms with Crippen molar-refractivity contribution in [2.45, 2.75) is 30.6 Å². The lowest BCUT2D eigenvalue weighted by molar-refractivity contribution is -0.565. The predicted octanol–water partition coefficient (Wildman–Crippen LogP) is -2.28. The highest BCUT2D eigenvalue weighted by Gasteiger charge is 2.51. The molecule has 0 aromatic rings. The molecule has 0 bridgehead atoms. The molecule has 3 N–H and O–H groups in total. The molecule has 0 radical (unpaired) electrons. The van der Waals surface area contributed by atoms with E-state index >= 15 is 0 Å². The first-order valence-electron chi connectivity index (χ1n) is 4.31. The fraction of sp³-hybridized carbons (Fsp3) is 1.00. The maximum absolute atomic E-state index is 10.6. The molecule has 8 nitrogen and oxygen atoms in total. The first-order chi connectivity index (χ1) is 7.02. The van der Waals surface area contributed by atoms with E-state index in [1.165, 1.54) is 7.11 Å². The van der Waals surface area contributed by atoms with E-state index < -0.39 is 42.2 Å². The van der Waals surface area contributed by atoms with E-state index in [4.69, 9.17) is 9.84 Å². The predicted molar refractivity (Wildman–Crippen MR) is 45.6 cm³/mol. The summed E-state index contributed by atoms with van der Waals surface area (Å²) in [5.74, 6) is 0. The Kier molecular flexibility index (Phi) is 3.94. The van der Waals surface area contributed by atoms with Crippen molar-refractivity contribution in [3.63, 3.8) is 0 Å². The van der Waals surface area contributed by atoms with E-state index in [-0.39, 0.29) is 0 Å². The van der Waals surface area contributed by atoms with Crippen LogP contribution in [0.2, 0.25) is 0 Å². The smallest absolute Gasteiger partial charge is 0.271 e. The van der Waals surface area contributed by atoms with E-state index in [9.17, 15) is 20.3 Å². The average Bonchev–Trinajstić information content (AvgIpc) is 2.18. The topological polar surface area (TPSA) is 122 Å². The monoisotopic (exact) mass is 223 g/mol. The zero-order chi connectivity index (χ0) is 11.6. The lowest BCUT2D eigenvalue weighted by Gasteiger charge is -2.36. The number of rotatable bonds is 3. The maximum Gasteiger partial charge on any atom is 0.271 e. The molecule has 1 rings (SSSR count). The molecule has 1 fully saturated rings. The van der Waals surface area contributed by atoms with Crippen molar-refractivity contribution in [3.8, 4) is 0 Å². The third-order valence-electron chi connectivity index (χ3n) is 2.32. The van der Waals surface area contributed by atoms with Crippen LogP contribution in [0.4, 0.5) is 0 Å². The van der Waals surface area contributed by atoms with Crippen molar-refractivity contribution in [2.75, 3.05) is 13.7 Å². The minimum absolute atomic E-state index is 0.585. The SMILES string of the molecule is CO[C@@H]1O[C@H](CO)[C@@H](O)[C@@H]([N+](=O)[O-])[C@H]1O. The maximum atomic E-state index is 10.6. The number of nitrogens with zero attached hydrogens (tertiary/aromatic N) is 1. The minimum Gasteiger partial charge on any atom is -0.394 e. The Labute approximate surface area is 85.2 Å². The molecule has 5 atom stereocenters. The molecule has 0 saturated carbocycles. The molecule has 0 aliphatic carbocycles. The average molecular weight is 223 g/mol. The normalized spacial score (nSPS) is 41.5. The second-order valence-electron chi connectivity index (χ2n) is 3.22. The highest BCUT2D eigenvalue weighted by atomic mass is 16.7. The van der Waals surface area contributed by atoms with Crippen LogP contribution in [0.3, 0.4) is 0 Å². The second kappa shape index (κ2) is 4.81. The van der Waals surface area contributed by atoms with Crippen molar-refractivity contribution < 1.29 is 29.7 Å². The molecule has 1 saturated heterocycles. The van der Waals surface area contributed by atoms with Crippen LogP contribution in [0, 0.1) is 10.1 Å². The summed E-state index contributed by atoms with van der Waals surface area (Å²) in [6, 6.07) is -1.62. The van der Waals surface area contributed by atoms with Crippen LogP contribution in [0.1, 0.15) is 0 Å². The van der Waals surface area contributed by atoms with Crippen LogP contribution in [0.25, 0.3) is 0 Å². The van der Waals surface area contributed by atoms with Gasteiger partial charge in [-0.25, -0.2) is 0 Å². The molecule has 0 unspecified atom stereocenters. The third-order valence-corrected chi connectivity index (χ3v) is 2.32. The molecule has 0 aromatic heterocycles. The number of methoxy groups -OCH3 is 1. The molecule has 8 heteroatoms. The molecule has 0 spiro atoms.